The van der Waals surface area contributed by atoms with Gasteiger partial charge in [0.15, 0.2) is 0 Å². The van der Waals surface area contributed by atoms with E-state index in [-0.39, 0.29) is 6.04 Å². The van der Waals surface area contributed by atoms with Crippen LogP contribution in [0, 0.1) is 0 Å². The Kier molecular flexibility index (Phi) is 2.80. The fraction of sp³-hybridized carbons (Fsp3) is 0.357. The van der Waals surface area contributed by atoms with Gasteiger partial charge in [-0.1, -0.05) is 12.1 Å². The van der Waals surface area contributed by atoms with E-state index in [1.807, 2.05) is 31.0 Å². The molecule has 0 amide bonds. The van der Waals surface area contributed by atoms with Crippen molar-refractivity contribution >= 4 is 0 Å². The van der Waals surface area contributed by atoms with E-state index in [4.69, 9.17) is 4.74 Å². The molecule has 0 bridgehead atoms. The van der Waals surface area contributed by atoms with Gasteiger partial charge < -0.3 is 10.1 Å². The van der Waals surface area contributed by atoms with E-state index in [0.717, 1.165) is 24.5 Å². The number of aryl methyl sites for hydroxylation is 1. The van der Waals surface area contributed by atoms with Crippen LogP contribution in [0.3, 0.4) is 0 Å². The number of rotatable bonds is 3. The highest BCUT2D eigenvalue weighted by atomic mass is 16.5. The zero-order chi connectivity index (χ0) is 12.5. The summed E-state index contributed by atoms with van der Waals surface area (Å²) in [5.41, 5.74) is 3.57. The molecule has 94 valence electrons. The Bertz CT molecular complexity index is 562. The van der Waals surface area contributed by atoms with Gasteiger partial charge in [0.25, 0.3) is 0 Å². The second kappa shape index (κ2) is 4.46. The normalized spacial score (nSPS) is 15.2. The van der Waals surface area contributed by atoms with Crippen LogP contribution in [0.1, 0.15) is 22.9 Å². The maximum atomic E-state index is 5.54. The number of fused-ring (bicyclic) bond motifs is 1. The molecule has 1 N–H and O–H groups in total. The number of nitrogens with zero attached hydrogens (tertiary/aromatic N) is 2. The second-order valence-corrected chi connectivity index (χ2v) is 4.60. The average molecular weight is 243 g/mol. The maximum Gasteiger partial charge on any atom is 0.122 e. The summed E-state index contributed by atoms with van der Waals surface area (Å²) in [6.07, 6.45) is 2.97. The van der Waals surface area contributed by atoms with E-state index in [1.165, 1.54) is 11.1 Å². The number of benzene rings is 1. The van der Waals surface area contributed by atoms with E-state index in [9.17, 15) is 0 Å². The minimum Gasteiger partial charge on any atom is -0.493 e. The number of hydrogen-bond acceptors (Lipinski definition) is 3. The molecular formula is C14H17N3O. The monoisotopic (exact) mass is 243 g/mol. The minimum atomic E-state index is 0.136. The molecule has 4 nitrogen and oxygen atoms in total. The van der Waals surface area contributed by atoms with Gasteiger partial charge in [-0.2, -0.15) is 5.10 Å². The fourth-order valence-electron chi connectivity index (χ4n) is 2.46. The molecule has 0 spiro atoms. The quantitative estimate of drug-likeness (QED) is 0.891. The molecule has 2 heterocycles. The van der Waals surface area contributed by atoms with Crippen LogP contribution in [0.2, 0.25) is 0 Å². The molecule has 1 aromatic carbocycles. The summed E-state index contributed by atoms with van der Waals surface area (Å²) in [7, 11) is 3.90. The van der Waals surface area contributed by atoms with Crippen LogP contribution in [-0.2, 0) is 13.5 Å². The van der Waals surface area contributed by atoms with Gasteiger partial charge in [-0.3, -0.25) is 4.68 Å². The average Bonchev–Trinajstić information content (AvgIpc) is 2.99. The van der Waals surface area contributed by atoms with Crippen molar-refractivity contribution in [2.45, 2.75) is 12.5 Å². The predicted molar refractivity (Wildman–Crippen MR) is 69.8 cm³/mol. The first kappa shape index (κ1) is 11.3. The van der Waals surface area contributed by atoms with Crippen LogP contribution in [0.5, 0.6) is 5.75 Å². The fourth-order valence-corrected chi connectivity index (χ4v) is 2.46. The lowest BCUT2D eigenvalue weighted by Crippen LogP contribution is -2.18. The molecule has 1 aliphatic rings. The molecule has 1 unspecified atom stereocenters. The van der Waals surface area contributed by atoms with Crippen LogP contribution in [0.15, 0.2) is 30.5 Å². The SMILES string of the molecule is CNC(c1ccc2c(c1)CCO2)c1ccn(C)n1. The molecule has 0 radical (unpaired) electrons. The van der Waals surface area contributed by atoms with E-state index in [0.29, 0.717) is 0 Å². The summed E-state index contributed by atoms with van der Waals surface area (Å²) in [6, 6.07) is 8.57. The van der Waals surface area contributed by atoms with Crippen molar-refractivity contribution in [2.75, 3.05) is 13.7 Å². The van der Waals surface area contributed by atoms with Crippen molar-refractivity contribution in [1.29, 1.82) is 0 Å². The van der Waals surface area contributed by atoms with Crippen molar-refractivity contribution in [1.82, 2.24) is 15.1 Å². The Balaban J connectivity index is 1.96. The van der Waals surface area contributed by atoms with Crippen LogP contribution >= 0.6 is 0 Å². The standard InChI is InChI=1S/C14H17N3O/c1-15-14(12-5-7-17(2)16-12)11-3-4-13-10(9-11)6-8-18-13/h3-5,7,9,14-15H,6,8H2,1-2H3. The first-order valence-corrected chi connectivity index (χ1v) is 6.20. The highest BCUT2D eigenvalue weighted by Crippen LogP contribution is 2.29. The van der Waals surface area contributed by atoms with Crippen LogP contribution < -0.4 is 10.1 Å². The summed E-state index contributed by atoms with van der Waals surface area (Å²) in [5.74, 6) is 1.02. The first-order valence-electron chi connectivity index (χ1n) is 6.20. The molecule has 1 atom stereocenters. The van der Waals surface area contributed by atoms with Gasteiger partial charge in [0.05, 0.1) is 18.3 Å². The summed E-state index contributed by atoms with van der Waals surface area (Å²) in [5, 5.41) is 7.80. The summed E-state index contributed by atoms with van der Waals surface area (Å²) < 4.78 is 7.37. The highest BCUT2D eigenvalue weighted by Gasteiger charge is 2.18. The van der Waals surface area contributed by atoms with Gasteiger partial charge in [-0.05, 0) is 30.3 Å². The lowest BCUT2D eigenvalue weighted by molar-refractivity contribution is 0.357. The molecule has 0 saturated heterocycles. The molecule has 4 heteroatoms. The third-order valence-corrected chi connectivity index (χ3v) is 3.37. The molecule has 0 aliphatic carbocycles. The molecule has 0 saturated carbocycles. The van der Waals surface area contributed by atoms with Crippen LogP contribution in [-0.4, -0.2) is 23.4 Å². The Morgan fingerprint density at radius 2 is 2.28 bits per heavy atom. The van der Waals surface area contributed by atoms with Crippen LogP contribution in [0.25, 0.3) is 0 Å². The zero-order valence-electron chi connectivity index (χ0n) is 10.7. The summed E-state index contributed by atoms with van der Waals surface area (Å²) >= 11 is 0. The predicted octanol–water partition coefficient (Wildman–Crippen LogP) is 1.66. The Hall–Kier alpha value is -1.81. The Morgan fingerprint density at radius 1 is 1.39 bits per heavy atom. The third kappa shape index (κ3) is 1.88. The molecule has 18 heavy (non-hydrogen) atoms. The number of nitrogens with one attached hydrogen (secondary N) is 1. The van der Waals surface area contributed by atoms with E-state index in [2.05, 4.69) is 28.6 Å². The number of aromatic nitrogens is 2. The van der Waals surface area contributed by atoms with Gasteiger partial charge in [0.2, 0.25) is 0 Å². The molecule has 3 rings (SSSR count). The third-order valence-electron chi connectivity index (χ3n) is 3.37. The smallest absolute Gasteiger partial charge is 0.122 e. The zero-order valence-corrected chi connectivity index (χ0v) is 10.7. The maximum absolute atomic E-state index is 5.54. The van der Waals surface area contributed by atoms with E-state index in [1.54, 1.807) is 0 Å². The lowest BCUT2D eigenvalue weighted by atomic mass is 10.0. The van der Waals surface area contributed by atoms with Gasteiger partial charge >= 0.3 is 0 Å². The molecular weight excluding hydrogens is 226 g/mol. The number of hydrogen-bond donors (Lipinski definition) is 1. The van der Waals surface area contributed by atoms with Gasteiger partial charge in [-0.15, -0.1) is 0 Å². The van der Waals surface area contributed by atoms with Crippen molar-refractivity contribution in [2.24, 2.45) is 7.05 Å². The van der Waals surface area contributed by atoms with Crippen molar-refractivity contribution < 1.29 is 4.74 Å². The second-order valence-electron chi connectivity index (χ2n) is 4.60. The Labute approximate surface area is 107 Å². The summed E-state index contributed by atoms with van der Waals surface area (Å²) in [6.45, 7) is 0.798. The highest BCUT2D eigenvalue weighted by molar-refractivity contribution is 5.42. The van der Waals surface area contributed by atoms with Gasteiger partial charge in [-0.25, -0.2) is 0 Å². The molecule has 1 aromatic heterocycles. The van der Waals surface area contributed by atoms with Gasteiger partial charge in [0.1, 0.15) is 5.75 Å². The molecule has 2 aromatic rings. The molecule has 0 fully saturated rings. The van der Waals surface area contributed by atoms with Crippen LogP contribution in [0.4, 0.5) is 0 Å². The Morgan fingerprint density at radius 3 is 3.00 bits per heavy atom. The van der Waals surface area contributed by atoms with E-state index >= 15 is 0 Å². The van der Waals surface area contributed by atoms with Gasteiger partial charge in [0, 0.05) is 19.7 Å². The van der Waals surface area contributed by atoms with Crippen molar-refractivity contribution in [3.05, 3.63) is 47.3 Å². The number of ether oxygens (including phenoxy) is 1. The van der Waals surface area contributed by atoms with E-state index < -0.39 is 0 Å². The minimum absolute atomic E-state index is 0.136. The van der Waals surface area contributed by atoms with Crippen molar-refractivity contribution in [3.63, 3.8) is 0 Å². The first-order chi connectivity index (χ1) is 8.78. The topological polar surface area (TPSA) is 39.1 Å². The lowest BCUT2D eigenvalue weighted by Gasteiger charge is -2.15. The largest absolute Gasteiger partial charge is 0.493 e. The van der Waals surface area contributed by atoms with Crippen molar-refractivity contribution in [3.8, 4) is 5.75 Å². The summed E-state index contributed by atoms with van der Waals surface area (Å²) in [4.78, 5) is 0. The molecule has 1 aliphatic heterocycles.